The van der Waals surface area contributed by atoms with Crippen LogP contribution in [0, 0.1) is 0 Å². The molecule has 2 N–H and O–H groups in total. The third kappa shape index (κ3) is 2.56. The zero-order valence-electron chi connectivity index (χ0n) is 7.14. The summed E-state index contributed by atoms with van der Waals surface area (Å²) < 4.78 is 0.461. The van der Waals surface area contributed by atoms with Gasteiger partial charge in [0.1, 0.15) is 0 Å². The Labute approximate surface area is 77.9 Å². The summed E-state index contributed by atoms with van der Waals surface area (Å²) in [6.45, 7) is 0.873. The summed E-state index contributed by atoms with van der Waals surface area (Å²) in [5.74, 6) is 2.59. The van der Waals surface area contributed by atoms with Crippen LogP contribution in [-0.4, -0.2) is 29.1 Å². The Bertz CT molecular complexity index is 111. The zero-order chi connectivity index (χ0) is 8.16. The number of hydrogen-bond acceptors (Lipinski definition) is 3. The maximum Gasteiger partial charge on any atom is 0.0290 e. The zero-order valence-corrected chi connectivity index (χ0v) is 8.77. The van der Waals surface area contributed by atoms with Crippen molar-refractivity contribution in [3.8, 4) is 0 Å². The first-order chi connectivity index (χ1) is 5.33. The quantitative estimate of drug-likeness (QED) is 0.736. The second-order valence-electron chi connectivity index (χ2n) is 3.08. The Morgan fingerprint density at radius 3 is 2.91 bits per heavy atom. The minimum absolute atomic E-state index is 0.461. The minimum Gasteiger partial charge on any atom is -0.329 e. The highest BCUT2D eigenvalue weighted by atomic mass is 32.2. The van der Waals surface area contributed by atoms with E-state index in [1.54, 1.807) is 0 Å². The molecule has 0 bridgehead atoms. The van der Waals surface area contributed by atoms with Crippen LogP contribution in [-0.2, 0) is 0 Å². The molecular weight excluding hydrogens is 174 g/mol. The van der Waals surface area contributed by atoms with Crippen molar-refractivity contribution in [2.75, 3.05) is 24.3 Å². The van der Waals surface area contributed by atoms with Gasteiger partial charge >= 0.3 is 0 Å². The van der Waals surface area contributed by atoms with Gasteiger partial charge < -0.3 is 5.73 Å². The molecule has 0 aromatic carbocycles. The summed E-state index contributed by atoms with van der Waals surface area (Å²) in [4.78, 5) is 0. The van der Waals surface area contributed by atoms with Gasteiger partial charge in [-0.05, 0) is 37.0 Å². The normalized spacial score (nSPS) is 31.1. The molecule has 0 aromatic rings. The standard InChI is InChI=1S/C8H17NS2/c1-10-6-4-8(7-9)3-2-5-11-8/h2-7,9H2,1H3. The molecule has 1 saturated heterocycles. The van der Waals surface area contributed by atoms with Crippen molar-refractivity contribution in [2.24, 2.45) is 5.73 Å². The van der Waals surface area contributed by atoms with Crippen LogP contribution < -0.4 is 5.73 Å². The summed E-state index contributed by atoms with van der Waals surface area (Å²) in [5, 5.41) is 0. The lowest BCUT2D eigenvalue weighted by Crippen LogP contribution is -2.32. The Balaban J connectivity index is 2.33. The molecular formula is C8H17NS2. The van der Waals surface area contributed by atoms with Crippen LogP contribution in [0.4, 0.5) is 0 Å². The van der Waals surface area contributed by atoms with Crippen molar-refractivity contribution < 1.29 is 0 Å². The van der Waals surface area contributed by atoms with Crippen LogP contribution in [0.25, 0.3) is 0 Å². The van der Waals surface area contributed by atoms with Crippen molar-refractivity contribution in [3.63, 3.8) is 0 Å². The van der Waals surface area contributed by atoms with Crippen LogP contribution in [0.5, 0.6) is 0 Å². The van der Waals surface area contributed by atoms with Gasteiger partial charge in [-0.25, -0.2) is 0 Å². The molecule has 0 amide bonds. The molecule has 1 aliphatic heterocycles. The highest BCUT2D eigenvalue weighted by molar-refractivity contribution is 8.01. The fourth-order valence-corrected chi connectivity index (χ4v) is 3.60. The van der Waals surface area contributed by atoms with Crippen molar-refractivity contribution in [2.45, 2.75) is 24.0 Å². The average Bonchev–Trinajstić information content (AvgIpc) is 2.50. The summed E-state index contributed by atoms with van der Waals surface area (Å²) in [5.41, 5.74) is 5.78. The Morgan fingerprint density at radius 2 is 2.45 bits per heavy atom. The van der Waals surface area contributed by atoms with E-state index in [0.29, 0.717) is 4.75 Å². The van der Waals surface area contributed by atoms with Gasteiger partial charge in [0.15, 0.2) is 0 Å². The summed E-state index contributed by atoms with van der Waals surface area (Å²) >= 11 is 4.02. The number of nitrogens with two attached hydrogens (primary N) is 1. The second-order valence-corrected chi connectivity index (χ2v) is 5.63. The molecule has 11 heavy (non-hydrogen) atoms. The van der Waals surface area contributed by atoms with E-state index >= 15 is 0 Å². The maximum absolute atomic E-state index is 5.78. The van der Waals surface area contributed by atoms with Gasteiger partial charge in [0.05, 0.1) is 0 Å². The molecule has 0 aromatic heterocycles. The molecule has 3 heteroatoms. The molecule has 0 radical (unpaired) electrons. The molecule has 1 unspecified atom stereocenters. The molecule has 1 aliphatic rings. The third-order valence-electron chi connectivity index (χ3n) is 2.32. The lowest BCUT2D eigenvalue weighted by Gasteiger charge is -2.25. The molecule has 1 fully saturated rings. The topological polar surface area (TPSA) is 26.0 Å². The van der Waals surface area contributed by atoms with Gasteiger partial charge in [-0.1, -0.05) is 0 Å². The highest BCUT2D eigenvalue weighted by Crippen LogP contribution is 2.40. The molecule has 0 spiro atoms. The fourth-order valence-electron chi connectivity index (χ4n) is 1.50. The van der Waals surface area contributed by atoms with Crippen LogP contribution in [0.15, 0.2) is 0 Å². The Hall–Kier alpha value is 0.660. The Kier molecular flexibility index (Phi) is 4.10. The monoisotopic (exact) mass is 191 g/mol. The third-order valence-corrected chi connectivity index (χ3v) is 4.61. The lowest BCUT2D eigenvalue weighted by atomic mass is 10.0. The van der Waals surface area contributed by atoms with E-state index < -0.39 is 0 Å². The van der Waals surface area contributed by atoms with Gasteiger partial charge in [0.25, 0.3) is 0 Å². The fraction of sp³-hybridized carbons (Fsp3) is 1.00. The maximum atomic E-state index is 5.78. The van der Waals surface area contributed by atoms with Crippen LogP contribution in [0.1, 0.15) is 19.3 Å². The van der Waals surface area contributed by atoms with Crippen molar-refractivity contribution in [1.82, 2.24) is 0 Å². The summed E-state index contributed by atoms with van der Waals surface area (Å²) in [7, 11) is 0. The SMILES string of the molecule is CSCCC1(CN)CCCS1. The van der Waals surface area contributed by atoms with Crippen LogP contribution in [0.2, 0.25) is 0 Å². The average molecular weight is 191 g/mol. The van der Waals surface area contributed by atoms with Gasteiger partial charge in [0.2, 0.25) is 0 Å². The van der Waals surface area contributed by atoms with Gasteiger partial charge in [-0.3, -0.25) is 0 Å². The van der Waals surface area contributed by atoms with Gasteiger partial charge in [-0.2, -0.15) is 23.5 Å². The molecule has 1 rings (SSSR count). The molecule has 1 heterocycles. The molecule has 0 aliphatic carbocycles. The smallest absolute Gasteiger partial charge is 0.0290 e. The first-order valence-corrected chi connectivity index (χ1v) is 6.54. The lowest BCUT2D eigenvalue weighted by molar-refractivity contribution is 0.555. The first-order valence-electron chi connectivity index (χ1n) is 4.16. The Morgan fingerprint density at radius 1 is 1.64 bits per heavy atom. The molecule has 1 nitrogen and oxygen atoms in total. The van der Waals surface area contributed by atoms with E-state index in [9.17, 15) is 0 Å². The number of hydrogen-bond donors (Lipinski definition) is 1. The van der Waals surface area contributed by atoms with Crippen LogP contribution >= 0.6 is 23.5 Å². The highest BCUT2D eigenvalue weighted by Gasteiger charge is 2.32. The van der Waals surface area contributed by atoms with E-state index in [1.807, 2.05) is 11.8 Å². The molecule has 66 valence electrons. The van der Waals surface area contributed by atoms with E-state index in [-0.39, 0.29) is 0 Å². The second kappa shape index (κ2) is 4.63. The van der Waals surface area contributed by atoms with E-state index in [4.69, 9.17) is 5.73 Å². The van der Waals surface area contributed by atoms with Crippen LogP contribution in [0.3, 0.4) is 0 Å². The number of thioether (sulfide) groups is 2. The predicted molar refractivity (Wildman–Crippen MR) is 56.5 cm³/mol. The largest absolute Gasteiger partial charge is 0.329 e. The van der Waals surface area contributed by atoms with Gasteiger partial charge in [0, 0.05) is 11.3 Å². The summed E-state index contributed by atoms with van der Waals surface area (Å²) in [6.07, 6.45) is 6.18. The summed E-state index contributed by atoms with van der Waals surface area (Å²) in [6, 6.07) is 0. The molecule has 0 saturated carbocycles. The van der Waals surface area contributed by atoms with E-state index in [0.717, 1.165) is 6.54 Å². The van der Waals surface area contributed by atoms with Crippen molar-refractivity contribution in [1.29, 1.82) is 0 Å². The predicted octanol–water partition coefficient (Wildman–Crippen LogP) is 1.96. The van der Waals surface area contributed by atoms with Crippen molar-refractivity contribution >= 4 is 23.5 Å². The minimum atomic E-state index is 0.461. The van der Waals surface area contributed by atoms with E-state index in [1.165, 1.54) is 30.8 Å². The number of rotatable bonds is 4. The molecule has 1 atom stereocenters. The van der Waals surface area contributed by atoms with Gasteiger partial charge in [-0.15, -0.1) is 0 Å². The first kappa shape index (κ1) is 9.75. The van der Waals surface area contributed by atoms with E-state index in [2.05, 4.69) is 18.0 Å². The van der Waals surface area contributed by atoms with Crippen molar-refractivity contribution in [3.05, 3.63) is 0 Å².